The van der Waals surface area contributed by atoms with Crippen molar-refractivity contribution in [2.45, 2.75) is 31.9 Å². The number of ether oxygens (including phenoxy) is 2. The molecule has 112 valence electrons. The first-order chi connectivity index (χ1) is 9.65. The minimum Gasteiger partial charge on any atom is -0.493 e. The van der Waals surface area contributed by atoms with Gasteiger partial charge in [0.2, 0.25) is 0 Å². The third kappa shape index (κ3) is 3.65. The number of hydrogen-bond acceptors (Lipinski definition) is 4. The molecule has 1 aromatic rings. The molecule has 1 aliphatic carbocycles. The van der Waals surface area contributed by atoms with E-state index < -0.39 is 0 Å². The van der Waals surface area contributed by atoms with Crippen LogP contribution >= 0.6 is 15.9 Å². The smallest absolute Gasteiger partial charge is 0.161 e. The second-order valence-corrected chi connectivity index (χ2v) is 6.04. The largest absolute Gasteiger partial charge is 0.493 e. The molecule has 1 fully saturated rings. The van der Waals surface area contributed by atoms with Crippen LogP contribution in [0.4, 0.5) is 0 Å². The standard InChI is InChI=1S/C15H22BrNO3/c1-19-14-6-11(12(16)7-15(14)20-2)9-17-8-10-4-3-5-13(10)18/h6-7,10,13,17-18H,3-5,8-9H2,1-2H3. The molecule has 0 heterocycles. The number of hydrogen-bond donors (Lipinski definition) is 2. The van der Waals surface area contributed by atoms with Gasteiger partial charge >= 0.3 is 0 Å². The fourth-order valence-electron chi connectivity index (χ4n) is 2.68. The Morgan fingerprint density at radius 2 is 1.95 bits per heavy atom. The molecule has 0 aliphatic heterocycles. The highest BCUT2D eigenvalue weighted by molar-refractivity contribution is 9.10. The Kier molecular flexibility index (Phi) is 5.69. The Bertz CT molecular complexity index is 453. The Balaban J connectivity index is 1.95. The fraction of sp³-hybridized carbons (Fsp3) is 0.600. The van der Waals surface area contributed by atoms with Crippen molar-refractivity contribution in [3.63, 3.8) is 0 Å². The fourth-order valence-corrected chi connectivity index (χ4v) is 3.14. The van der Waals surface area contributed by atoms with Crippen molar-refractivity contribution in [1.29, 1.82) is 0 Å². The quantitative estimate of drug-likeness (QED) is 0.833. The van der Waals surface area contributed by atoms with Crippen LogP contribution in [-0.2, 0) is 6.54 Å². The van der Waals surface area contributed by atoms with Gasteiger partial charge in [-0.2, -0.15) is 0 Å². The van der Waals surface area contributed by atoms with E-state index >= 15 is 0 Å². The topological polar surface area (TPSA) is 50.7 Å². The lowest BCUT2D eigenvalue weighted by atomic mass is 10.1. The molecule has 2 unspecified atom stereocenters. The Labute approximate surface area is 128 Å². The highest BCUT2D eigenvalue weighted by atomic mass is 79.9. The molecule has 1 aromatic carbocycles. The third-order valence-corrected chi connectivity index (χ3v) is 4.63. The molecule has 0 amide bonds. The van der Waals surface area contributed by atoms with Crippen molar-refractivity contribution in [2.75, 3.05) is 20.8 Å². The SMILES string of the molecule is COc1cc(Br)c(CNCC2CCCC2O)cc1OC. The second-order valence-electron chi connectivity index (χ2n) is 5.19. The van der Waals surface area contributed by atoms with Crippen LogP contribution in [0.15, 0.2) is 16.6 Å². The summed E-state index contributed by atoms with van der Waals surface area (Å²) in [6.07, 6.45) is 3.04. The highest BCUT2D eigenvalue weighted by Crippen LogP contribution is 2.33. The lowest BCUT2D eigenvalue weighted by Crippen LogP contribution is -2.27. The van der Waals surface area contributed by atoms with Crippen LogP contribution < -0.4 is 14.8 Å². The molecular weight excluding hydrogens is 322 g/mol. The maximum atomic E-state index is 9.81. The van der Waals surface area contributed by atoms with Crippen LogP contribution in [0.1, 0.15) is 24.8 Å². The van der Waals surface area contributed by atoms with Gasteiger partial charge in [-0.15, -0.1) is 0 Å². The molecule has 20 heavy (non-hydrogen) atoms. The molecule has 5 heteroatoms. The summed E-state index contributed by atoms with van der Waals surface area (Å²) in [4.78, 5) is 0. The highest BCUT2D eigenvalue weighted by Gasteiger charge is 2.24. The zero-order valence-corrected chi connectivity index (χ0v) is 13.6. The van der Waals surface area contributed by atoms with Crippen molar-refractivity contribution in [2.24, 2.45) is 5.92 Å². The van der Waals surface area contributed by atoms with E-state index in [9.17, 15) is 5.11 Å². The van der Waals surface area contributed by atoms with E-state index in [2.05, 4.69) is 21.2 Å². The van der Waals surface area contributed by atoms with E-state index in [-0.39, 0.29) is 6.10 Å². The summed E-state index contributed by atoms with van der Waals surface area (Å²) >= 11 is 3.55. The lowest BCUT2D eigenvalue weighted by Gasteiger charge is -2.16. The first-order valence-corrected chi connectivity index (χ1v) is 7.74. The van der Waals surface area contributed by atoms with E-state index in [1.807, 2.05) is 12.1 Å². The van der Waals surface area contributed by atoms with Gasteiger partial charge in [0.25, 0.3) is 0 Å². The van der Waals surface area contributed by atoms with Crippen LogP contribution in [0.5, 0.6) is 11.5 Å². The molecule has 0 aromatic heterocycles. The summed E-state index contributed by atoms with van der Waals surface area (Å²) in [5.74, 6) is 1.83. The molecule has 2 atom stereocenters. The van der Waals surface area contributed by atoms with Gasteiger partial charge in [-0.1, -0.05) is 22.4 Å². The van der Waals surface area contributed by atoms with Gasteiger partial charge < -0.3 is 19.9 Å². The molecule has 4 nitrogen and oxygen atoms in total. The van der Waals surface area contributed by atoms with E-state index in [0.717, 1.165) is 48.1 Å². The van der Waals surface area contributed by atoms with Crippen molar-refractivity contribution >= 4 is 15.9 Å². The number of methoxy groups -OCH3 is 2. The number of rotatable bonds is 6. The van der Waals surface area contributed by atoms with Crippen LogP contribution in [0.2, 0.25) is 0 Å². The normalized spacial score (nSPS) is 22.0. The Hall–Kier alpha value is -0.780. The van der Waals surface area contributed by atoms with Crippen LogP contribution in [0.3, 0.4) is 0 Å². The van der Waals surface area contributed by atoms with Crippen LogP contribution in [0, 0.1) is 5.92 Å². The van der Waals surface area contributed by atoms with E-state index in [1.54, 1.807) is 14.2 Å². The molecule has 2 rings (SSSR count). The van der Waals surface area contributed by atoms with Gasteiger partial charge in [0.05, 0.1) is 20.3 Å². The van der Waals surface area contributed by atoms with Crippen LogP contribution in [0.25, 0.3) is 0 Å². The summed E-state index contributed by atoms with van der Waals surface area (Å²) in [7, 11) is 3.27. The van der Waals surface area contributed by atoms with Gasteiger partial charge in [-0.3, -0.25) is 0 Å². The molecule has 1 aliphatic rings. The van der Waals surface area contributed by atoms with E-state index in [4.69, 9.17) is 9.47 Å². The minimum absolute atomic E-state index is 0.142. The zero-order valence-electron chi connectivity index (χ0n) is 12.0. The van der Waals surface area contributed by atoms with Gasteiger partial charge in [0.15, 0.2) is 11.5 Å². The first-order valence-electron chi connectivity index (χ1n) is 6.95. The molecule has 0 bridgehead atoms. The predicted octanol–water partition coefficient (Wildman–Crippen LogP) is 2.72. The van der Waals surface area contributed by atoms with Crippen molar-refractivity contribution < 1.29 is 14.6 Å². The average molecular weight is 344 g/mol. The van der Waals surface area contributed by atoms with E-state index in [0.29, 0.717) is 11.7 Å². The number of aliphatic hydroxyl groups excluding tert-OH is 1. The summed E-state index contributed by atoms with van der Waals surface area (Å²) in [5.41, 5.74) is 1.12. The zero-order chi connectivity index (χ0) is 14.5. The summed E-state index contributed by atoms with van der Waals surface area (Å²) in [5, 5.41) is 13.2. The molecule has 1 saturated carbocycles. The van der Waals surface area contributed by atoms with Crippen LogP contribution in [-0.4, -0.2) is 32.0 Å². The van der Waals surface area contributed by atoms with Crippen molar-refractivity contribution in [1.82, 2.24) is 5.32 Å². The Morgan fingerprint density at radius 3 is 2.55 bits per heavy atom. The summed E-state index contributed by atoms with van der Waals surface area (Å²) in [6, 6.07) is 3.89. The maximum absolute atomic E-state index is 9.81. The Morgan fingerprint density at radius 1 is 1.25 bits per heavy atom. The van der Waals surface area contributed by atoms with Gasteiger partial charge in [0, 0.05) is 17.6 Å². The van der Waals surface area contributed by atoms with Gasteiger partial charge in [-0.05, 0) is 36.5 Å². The minimum atomic E-state index is -0.142. The number of nitrogens with one attached hydrogen (secondary N) is 1. The first kappa shape index (κ1) is 15.6. The summed E-state index contributed by atoms with van der Waals surface area (Å²) in [6.45, 7) is 1.59. The third-order valence-electron chi connectivity index (χ3n) is 3.89. The maximum Gasteiger partial charge on any atom is 0.161 e. The second kappa shape index (κ2) is 7.29. The van der Waals surface area contributed by atoms with Crippen molar-refractivity contribution in [3.05, 3.63) is 22.2 Å². The predicted molar refractivity (Wildman–Crippen MR) is 82.3 cm³/mol. The summed E-state index contributed by atoms with van der Waals surface area (Å²) < 4.78 is 11.6. The average Bonchev–Trinajstić information content (AvgIpc) is 2.85. The van der Waals surface area contributed by atoms with Gasteiger partial charge in [-0.25, -0.2) is 0 Å². The molecule has 2 N–H and O–H groups in total. The molecule has 0 radical (unpaired) electrons. The number of halogens is 1. The number of aliphatic hydroxyl groups is 1. The molecular formula is C15H22BrNO3. The molecule has 0 saturated heterocycles. The lowest BCUT2D eigenvalue weighted by molar-refractivity contribution is 0.131. The molecule has 0 spiro atoms. The monoisotopic (exact) mass is 343 g/mol. The van der Waals surface area contributed by atoms with Crippen molar-refractivity contribution in [3.8, 4) is 11.5 Å². The van der Waals surface area contributed by atoms with E-state index in [1.165, 1.54) is 0 Å². The number of benzene rings is 1. The van der Waals surface area contributed by atoms with Gasteiger partial charge in [0.1, 0.15) is 0 Å².